The number of likely N-dealkylation sites (tertiary alicyclic amines) is 1. The van der Waals surface area contributed by atoms with Crippen LogP contribution in [0.3, 0.4) is 0 Å². The lowest BCUT2D eigenvalue weighted by Crippen LogP contribution is -2.25. The molecule has 1 saturated heterocycles. The fourth-order valence-corrected chi connectivity index (χ4v) is 3.15. The van der Waals surface area contributed by atoms with Crippen molar-refractivity contribution >= 4 is 5.57 Å². The average molecular weight is 261 g/mol. The summed E-state index contributed by atoms with van der Waals surface area (Å²) in [6.45, 7) is 4.93. The Morgan fingerprint density at radius 1 is 1.37 bits per heavy atom. The summed E-state index contributed by atoms with van der Waals surface area (Å²) in [5.74, 6) is 0.676. The second-order valence-corrected chi connectivity index (χ2v) is 5.87. The normalized spacial score (nSPS) is 26.1. The lowest BCUT2D eigenvalue weighted by molar-refractivity contribution is 0.231. The van der Waals surface area contributed by atoms with E-state index in [9.17, 15) is 4.39 Å². The minimum absolute atomic E-state index is 0.00936. The maximum Gasteiger partial charge on any atom is 0.165 e. The first-order valence-corrected chi connectivity index (χ1v) is 6.93. The van der Waals surface area contributed by atoms with Gasteiger partial charge in [0.2, 0.25) is 0 Å². The molecule has 2 bridgehead atoms. The molecule has 0 N–H and O–H groups in total. The van der Waals surface area contributed by atoms with Gasteiger partial charge in [-0.25, -0.2) is 4.39 Å². The Kier molecular flexibility index (Phi) is 3.09. The molecule has 0 aromatic heterocycles. The highest BCUT2D eigenvalue weighted by molar-refractivity contribution is 5.72. The highest BCUT2D eigenvalue weighted by Crippen LogP contribution is 2.42. The predicted octanol–water partition coefficient (Wildman–Crippen LogP) is 3.33. The van der Waals surface area contributed by atoms with Crippen LogP contribution in [0, 0.1) is 11.7 Å². The van der Waals surface area contributed by atoms with E-state index in [2.05, 4.69) is 18.0 Å². The van der Waals surface area contributed by atoms with E-state index in [1.54, 1.807) is 0 Å². The van der Waals surface area contributed by atoms with Crippen molar-refractivity contribution in [3.05, 3.63) is 35.7 Å². The molecule has 3 heteroatoms. The fourth-order valence-electron chi connectivity index (χ4n) is 3.15. The summed E-state index contributed by atoms with van der Waals surface area (Å²) in [4.78, 5) is 2.38. The summed E-state index contributed by atoms with van der Waals surface area (Å²) in [7, 11) is 2.16. The quantitative estimate of drug-likeness (QED) is 0.827. The highest BCUT2D eigenvalue weighted by atomic mass is 19.1. The second kappa shape index (κ2) is 4.64. The van der Waals surface area contributed by atoms with Gasteiger partial charge in [-0.05, 0) is 56.5 Å². The summed E-state index contributed by atoms with van der Waals surface area (Å²) in [5.41, 5.74) is 2.47. The van der Waals surface area contributed by atoms with E-state index in [0.717, 1.165) is 12.1 Å². The maximum absolute atomic E-state index is 13.7. The Morgan fingerprint density at radius 2 is 2.16 bits per heavy atom. The number of hydrogen-bond acceptors (Lipinski definition) is 2. The third kappa shape index (κ3) is 2.27. The van der Waals surface area contributed by atoms with Gasteiger partial charge in [0, 0.05) is 12.6 Å². The molecule has 2 atom stereocenters. The van der Waals surface area contributed by atoms with E-state index < -0.39 is 0 Å². The topological polar surface area (TPSA) is 12.5 Å². The average Bonchev–Trinajstić information content (AvgIpc) is 2.90. The minimum Gasteiger partial charge on any atom is -0.488 e. The van der Waals surface area contributed by atoms with E-state index in [0.29, 0.717) is 17.7 Å². The number of fused-ring (bicyclic) bond motifs is 2. The van der Waals surface area contributed by atoms with Crippen LogP contribution in [0.4, 0.5) is 4.39 Å². The predicted molar refractivity (Wildman–Crippen MR) is 74.7 cm³/mol. The molecule has 1 aliphatic carbocycles. The van der Waals surface area contributed by atoms with Crippen molar-refractivity contribution in [2.24, 2.45) is 5.92 Å². The summed E-state index contributed by atoms with van der Waals surface area (Å²) in [6.07, 6.45) is 3.51. The molecule has 2 nitrogen and oxygen atoms in total. The van der Waals surface area contributed by atoms with Crippen LogP contribution in [0.1, 0.15) is 25.8 Å². The smallest absolute Gasteiger partial charge is 0.165 e. The molecular formula is C16H20FNO. The molecule has 1 heterocycles. The van der Waals surface area contributed by atoms with Crippen LogP contribution >= 0.6 is 0 Å². The van der Waals surface area contributed by atoms with Crippen molar-refractivity contribution in [3.63, 3.8) is 0 Å². The summed E-state index contributed by atoms with van der Waals surface area (Å²) >= 11 is 0. The lowest BCUT2D eigenvalue weighted by Gasteiger charge is -2.22. The molecule has 3 rings (SSSR count). The van der Waals surface area contributed by atoms with Gasteiger partial charge in [0.1, 0.15) is 0 Å². The van der Waals surface area contributed by atoms with Crippen LogP contribution in [-0.4, -0.2) is 30.6 Å². The Hall–Kier alpha value is -1.35. The van der Waals surface area contributed by atoms with Gasteiger partial charge in [-0.1, -0.05) is 12.1 Å². The number of rotatable bonds is 3. The molecule has 102 valence electrons. The van der Waals surface area contributed by atoms with Gasteiger partial charge >= 0.3 is 0 Å². The molecule has 0 radical (unpaired) electrons. The first-order chi connectivity index (χ1) is 9.04. The SMILES string of the molecule is CC(C)Oc1cc(C2=CC3CC2CN3C)ccc1F. The standard InChI is InChI=1S/C16H20FNO/c1-10(2)19-16-7-11(4-5-15(16)17)14-8-13-6-12(14)9-18(13)3/h4-5,7-8,10,12-13H,6,9H2,1-3H3. The van der Waals surface area contributed by atoms with Crippen LogP contribution < -0.4 is 4.74 Å². The van der Waals surface area contributed by atoms with Crippen molar-refractivity contribution in [2.45, 2.75) is 32.4 Å². The molecular weight excluding hydrogens is 241 g/mol. The Balaban J connectivity index is 1.90. The Bertz CT molecular complexity index is 523. The molecule has 19 heavy (non-hydrogen) atoms. The van der Waals surface area contributed by atoms with Crippen LogP contribution in [0.2, 0.25) is 0 Å². The molecule has 0 amide bonds. The molecule has 1 aromatic carbocycles. The molecule has 2 aliphatic rings. The van der Waals surface area contributed by atoms with Gasteiger partial charge < -0.3 is 4.74 Å². The van der Waals surface area contributed by atoms with Crippen LogP contribution in [0.15, 0.2) is 24.3 Å². The number of halogens is 1. The number of benzene rings is 1. The zero-order valence-corrected chi connectivity index (χ0v) is 11.7. The number of likely N-dealkylation sites (N-methyl/N-ethyl adjacent to an activating group) is 1. The number of hydrogen-bond donors (Lipinski definition) is 0. The zero-order chi connectivity index (χ0) is 13.6. The van der Waals surface area contributed by atoms with Crippen molar-refractivity contribution < 1.29 is 9.13 Å². The minimum atomic E-state index is -0.279. The van der Waals surface area contributed by atoms with E-state index in [1.165, 1.54) is 18.1 Å². The monoisotopic (exact) mass is 261 g/mol. The van der Waals surface area contributed by atoms with E-state index in [-0.39, 0.29) is 11.9 Å². The van der Waals surface area contributed by atoms with Gasteiger partial charge in [-0.3, -0.25) is 4.90 Å². The maximum atomic E-state index is 13.7. The largest absolute Gasteiger partial charge is 0.488 e. The molecule has 2 unspecified atom stereocenters. The van der Waals surface area contributed by atoms with Crippen molar-refractivity contribution in [1.82, 2.24) is 4.90 Å². The van der Waals surface area contributed by atoms with Gasteiger partial charge in [-0.2, -0.15) is 0 Å². The van der Waals surface area contributed by atoms with Crippen LogP contribution in [-0.2, 0) is 0 Å². The van der Waals surface area contributed by atoms with Crippen molar-refractivity contribution in [3.8, 4) is 5.75 Å². The third-order valence-corrected chi connectivity index (χ3v) is 4.04. The van der Waals surface area contributed by atoms with Gasteiger partial charge in [0.25, 0.3) is 0 Å². The van der Waals surface area contributed by atoms with Gasteiger partial charge in [-0.15, -0.1) is 0 Å². The van der Waals surface area contributed by atoms with Gasteiger partial charge in [0.05, 0.1) is 6.10 Å². The summed E-state index contributed by atoms with van der Waals surface area (Å²) < 4.78 is 19.2. The summed E-state index contributed by atoms with van der Waals surface area (Å²) in [6, 6.07) is 5.79. The van der Waals surface area contributed by atoms with Crippen molar-refractivity contribution in [1.29, 1.82) is 0 Å². The lowest BCUT2D eigenvalue weighted by atomic mass is 9.95. The van der Waals surface area contributed by atoms with E-state index in [1.807, 2.05) is 26.0 Å². The van der Waals surface area contributed by atoms with Crippen molar-refractivity contribution in [2.75, 3.05) is 13.6 Å². The molecule has 1 aromatic rings. The second-order valence-electron chi connectivity index (χ2n) is 5.87. The summed E-state index contributed by atoms with van der Waals surface area (Å²) in [5, 5.41) is 0. The first kappa shape index (κ1) is 12.7. The highest BCUT2D eigenvalue weighted by Gasteiger charge is 2.37. The van der Waals surface area contributed by atoms with Gasteiger partial charge in [0.15, 0.2) is 11.6 Å². The molecule has 1 aliphatic heterocycles. The number of ether oxygens (including phenoxy) is 1. The number of nitrogens with zero attached hydrogens (tertiary/aromatic N) is 1. The molecule has 1 fully saturated rings. The first-order valence-electron chi connectivity index (χ1n) is 6.93. The molecule has 0 spiro atoms. The Labute approximate surface area is 113 Å². The Morgan fingerprint density at radius 3 is 2.74 bits per heavy atom. The van der Waals surface area contributed by atoms with Crippen LogP contribution in [0.25, 0.3) is 5.57 Å². The third-order valence-electron chi connectivity index (χ3n) is 4.04. The fraction of sp³-hybridized carbons (Fsp3) is 0.500. The molecule has 0 saturated carbocycles. The zero-order valence-electron chi connectivity index (χ0n) is 11.7. The van der Waals surface area contributed by atoms with E-state index >= 15 is 0 Å². The van der Waals surface area contributed by atoms with Crippen LogP contribution in [0.5, 0.6) is 5.75 Å². The van der Waals surface area contributed by atoms with E-state index in [4.69, 9.17) is 4.74 Å².